The standard InChI is InChI=1S/C23H25ClN4O2S/c1-16(17-6-2-4-8-19(17)24)25-22(29)15-31-23-18-7-3-5-9-20(18)26-21(27-23)14-28-10-12-30-13-11-28/h2-9,16H,10-15H2,1H3,(H,25,29). The van der Waals surface area contributed by atoms with Gasteiger partial charge in [0.1, 0.15) is 10.9 Å². The third kappa shape index (κ3) is 5.74. The minimum Gasteiger partial charge on any atom is -0.379 e. The van der Waals surface area contributed by atoms with Gasteiger partial charge in [-0.15, -0.1) is 0 Å². The van der Waals surface area contributed by atoms with Gasteiger partial charge in [0.2, 0.25) is 5.91 Å². The molecule has 6 nitrogen and oxygen atoms in total. The molecule has 4 rings (SSSR count). The fourth-order valence-corrected chi connectivity index (χ4v) is 4.70. The van der Waals surface area contributed by atoms with Crippen LogP contribution in [0, 0.1) is 0 Å². The van der Waals surface area contributed by atoms with Gasteiger partial charge in [0.05, 0.1) is 37.1 Å². The van der Waals surface area contributed by atoms with Crippen LogP contribution < -0.4 is 5.32 Å². The van der Waals surface area contributed by atoms with Crippen LogP contribution in [0.3, 0.4) is 0 Å². The van der Waals surface area contributed by atoms with Gasteiger partial charge in [0.25, 0.3) is 0 Å². The van der Waals surface area contributed by atoms with E-state index in [1.165, 1.54) is 11.8 Å². The highest BCUT2D eigenvalue weighted by molar-refractivity contribution is 8.00. The Morgan fingerprint density at radius 2 is 1.90 bits per heavy atom. The summed E-state index contributed by atoms with van der Waals surface area (Å²) in [6.45, 7) is 5.84. The normalized spacial score (nSPS) is 15.7. The number of hydrogen-bond acceptors (Lipinski definition) is 6. The number of ether oxygens (including phenoxy) is 1. The molecule has 0 radical (unpaired) electrons. The van der Waals surface area contributed by atoms with Crippen LogP contribution in [0.25, 0.3) is 10.9 Å². The summed E-state index contributed by atoms with van der Waals surface area (Å²) < 4.78 is 5.43. The zero-order valence-electron chi connectivity index (χ0n) is 17.4. The molecular formula is C23H25ClN4O2S. The highest BCUT2D eigenvalue weighted by Crippen LogP contribution is 2.26. The molecule has 1 fully saturated rings. The van der Waals surface area contributed by atoms with Gasteiger partial charge in [-0.2, -0.15) is 0 Å². The van der Waals surface area contributed by atoms with Crippen LogP contribution >= 0.6 is 23.4 Å². The van der Waals surface area contributed by atoms with Crippen molar-refractivity contribution >= 4 is 40.2 Å². The summed E-state index contributed by atoms with van der Waals surface area (Å²) in [6, 6.07) is 15.3. The Kier molecular flexibility index (Phi) is 7.40. The molecule has 1 atom stereocenters. The van der Waals surface area contributed by atoms with Gasteiger partial charge in [-0.25, -0.2) is 9.97 Å². The number of nitrogens with zero attached hydrogens (tertiary/aromatic N) is 3. The Labute approximate surface area is 191 Å². The smallest absolute Gasteiger partial charge is 0.230 e. The Bertz CT molecular complexity index is 1060. The van der Waals surface area contributed by atoms with Crippen molar-refractivity contribution in [3.8, 4) is 0 Å². The Morgan fingerprint density at radius 1 is 1.16 bits per heavy atom. The topological polar surface area (TPSA) is 67.4 Å². The quantitative estimate of drug-likeness (QED) is 0.426. The van der Waals surface area contributed by atoms with Gasteiger partial charge >= 0.3 is 0 Å². The third-order valence-electron chi connectivity index (χ3n) is 5.17. The maximum Gasteiger partial charge on any atom is 0.230 e. The number of para-hydroxylation sites is 1. The average molecular weight is 457 g/mol. The molecule has 1 amide bonds. The number of nitrogens with one attached hydrogen (secondary N) is 1. The Morgan fingerprint density at radius 3 is 2.71 bits per heavy atom. The van der Waals surface area contributed by atoms with E-state index in [0.717, 1.165) is 53.6 Å². The summed E-state index contributed by atoms with van der Waals surface area (Å²) in [5.74, 6) is 0.982. The van der Waals surface area contributed by atoms with E-state index in [1.54, 1.807) is 0 Å². The molecule has 31 heavy (non-hydrogen) atoms. The maximum atomic E-state index is 12.6. The molecule has 2 aromatic carbocycles. The van der Waals surface area contributed by atoms with Crippen molar-refractivity contribution in [1.82, 2.24) is 20.2 Å². The predicted molar refractivity (Wildman–Crippen MR) is 124 cm³/mol. The van der Waals surface area contributed by atoms with Gasteiger partial charge in [0.15, 0.2) is 0 Å². The lowest BCUT2D eigenvalue weighted by molar-refractivity contribution is -0.119. The fraction of sp³-hybridized carbons (Fsp3) is 0.348. The Hall–Kier alpha value is -2.19. The van der Waals surface area contributed by atoms with Gasteiger partial charge in [0, 0.05) is 23.5 Å². The number of benzene rings is 2. The molecule has 162 valence electrons. The minimum absolute atomic E-state index is 0.0603. The molecule has 3 aromatic rings. The van der Waals surface area contributed by atoms with E-state index in [4.69, 9.17) is 26.3 Å². The predicted octanol–water partition coefficient (Wildman–Crippen LogP) is 4.08. The number of aromatic nitrogens is 2. The van der Waals surface area contributed by atoms with Gasteiger partial charge in [-0.3, -0.25) is 9.69 Å². The highest BCUT2D eigenvalue weighted by Gasteiger charge is 2.16. The Balaban J connectivity index is 1.45. The average Bonchev–Trinajstić information content (AvgIpc) is 2.78. The molecule has 1 saturated heterocycles. The van der Waals surface area contributed by atoms with Crippen LogP contribution in [0.15, 0.2) is 53.6 Å². The molecule has 1 unspecified atom stereocenters. The molecule has 1 aliphatic rings. The van der Waals surface area contributed by atoms with E-state index in [1.807, 2.05) is 55.5 Å². The molecular weight excluding hydrogens is 432 g/mol. The van der Waals surface area contributed by atoms with E-state index >= 15 is 0 Å². The number of thioether (sulfide) groups is 1. The van der Waals surface area contributed by atoms with Crippen LogP contribution in [-0.2, 0) is 16.1 Å². The SMILES string of the molecule is CC(NC(=O)CSc1nc(CN2CCOCC2)nc2ccccc12)c1ccccc1Cl. The van der Waals surface area contributed by atoms with Gasteiger partial charge in [-0.1, -0.05) is 59.8 Å². The van der Waals surface area contributed by atoms with Gasteiger partial charge < -0.3 is 10.1 Å². The lowest BCUT2D eigenvalue weighted by Crippen LogP contribution is -2.36. The zero-order chi connectivity index (χ0) is 21.6. The van der Waals surface area contributed by atoms with Crippen molar-refractivity contribution < 1.29 is 9.53 Å². The minimum atomic E-state index is -0.166. The molecule has 0 spiro atoms. The molecule has 1 N–H and O–H groups in total. The molecule has 0 bridgehead atoms. The summed E-state index contributed by atoms with van der Waals surface area (Å²) >= 11 is 7.69. The number of morpholine rings is 1. The third-order valence-corrected chi connectivity index (χ3v) is 6.51. The van der Waals surface area contributed by atoms with E-state index in [9.17, 15) is 4.79 Å². The van der Waals surface area contributed by atoms with Crippen LogP contribution in [-0.4, -0.2) is 52.8 Å². The monoisotopic (exact) mass is 456 g/mol. The fourth-order valence-electron chi connectivity index (χ4n) is 3.55. The van der Waals surface area contributed by atoms with E-state index in [0.29, 0.717) is 11.6 Å². The van der Waals surface area contributed by atoms with E-state index < -0.39 is 0 Å². The van der Waals surface area contributed by atoms with Crippen molar-refractivity contribution in [3.63, 3.8) is 0 Å². The van der Waals surface area contributed by atoms with Crippen LogP contribution in [0.5, 0.6) is 0 Å². The van der Waals surface area contributed by atoms with Crippen molar-refractivity contribution in [1.29, 1.82) is 0 Å². The lowest BCUT2D eigenvalue weighted by Gasteiger charge is -2.25. The maximum absolute atomic E-state index is 12.6. The number of carbonyl (C=O) groups excluding carboxylic acids is 1. The van der Waals surface area contributed by atoms with Crippen molar-refractivity contribution in [2.24, 2.45) is 0 Å². The van der Waals surface area contributed by atoms with E-state index in [2.05, 4.69) is 10.2 Å². The van der Waals surface area contributed by atoms with Crippen molar-refractivity contribution in [3.05, 3.63) is 64.9 Å². The first kappa shape index (κ1) is 22.0. The molecule has 8 heteroatoms. The number of carbonyl (C=O) groups is 1. The summed E-state index contributed by atoms with van der Waals surface area (Å²) in [4.78, 5) is 24.4. The summed E-state index contributed by atoms with van der Waals surface area (Å²) in [7, 11) is 0. The number of fused-ring (bicyclic) bond motifs is 1. The van der Waals surface area contributed by atoms with Crippen LogP contribution in [0.4, 0.5) is 0 Å². The second-order valence-corrected chi connectivity index (χ2v) is 8.82. The molecule has 2 heterocycles. The van der Waals surface area contributed by atoms with E-state index in [-0.39, 0.29) is 17.7 Å². The largest absolute Gasteiger partial charge is 0.379 e. The summed E-state index contributed by atoms with van der Waals surface area (Å²) in [5.41, 5.74) is 1.80. The molecule has 1 aromatic heterocycles. The second-order valence-electron chi connectivity index (χ2n) is 7.45. The number of halogens is 1. The molecule has 0 saturated carbocycles. The number of amides is 1. The first-order valence-corrected chi connectivity index (χ1v) is 11.7. The first-order chi connectivity index (χ1) is 15.1. The van der Waals surface area contributed by atoms with Crippen LogP contribution in [0.2, 0.25) is 5.02 Å². The second kappa shape index (κ2) is 10.4. The summed E-state index contributed by atoms with van der Waals surface area (Å²) in [6.07, 6.45) is 0. The number of rotatable bonds is 7. The zero-order valence-corrected chi connectivity index (χ0v) is 19.0. The summed E-state index contributed by atoms with van der Waals surface area (Å²) in [5, 5.41) is 5.47. The first-order valence-electron chi connectivity index (χ1n) is 10.3. The molecule has 0 aliphatic carbocycles. The van der Waals surface area contributed by atoms with Crippen molar-refractivity contribution in [2.45, 2.75) is 24.5 Å². The van der Waals surface area contributed by atoms with Gasteiger partial charge in [-0.05, 0) is 24.6 Å². The van der Waals surface area contributed by atoms with Crippen molar-refractivity contribution in [2.75, 3.05) is 32.1 Å². The lowest BCUT2D eigenvalue weighted by atomic mass is 10.1. The van der Waals surface area contributed by atoms with Crippen LogP contribution in [0.1, 0.15) is 24.4 Å². The highest BCUT2D eigenvalue weighted by atomic mass is 35.5. The molecule has 1 aliphatic heterocycles. The number of hydrogen-bond donors (Lipinski definition) is 1.